The summed E-state index contributed by atoms with van der Waals surface area (Å²) in [6, 6.07) is 6.96. The second-order valence-electron chi connectivity index (χ2n) is 7.80. The number of nitriles is 1. The Morgan fingerprint density at radius 2 is 1.51 bits per heavy atom. The van der Waals surface area contributed by atoms with Gasteiger partial charge in [0.15, 0.2) is 4.91 Å². The second-order valence-corrected chi connectivity index (χ2v) is 10.1. The number of halogens is 7. The topological polar surface area (TPSA) is 82.0 Å². The largest absolute Gasteiger partial charge is 0.416 e. The summed E-state index contributed by atoms with van der Waals surface area (Å²) < 4.78 is 106. The van der Waals surface area contributed by atoms with E-state index in [9.17, 15) is 40.0 Å². The smallest absolute Gasteiger partial charge is 0.370 e. The average molecular weight is 540 g/mol. The summed E-state index contributed by atoms with van der Waals surface area (Å²) >= 11 is 5.77. The molecule has 0 aliphatic rings. The quantitative estimate of drug-likeness (QED) is 0.292. The first-order valence-electron chi connectivity index (χ1n) is 10.0. The van der Waals surface area contributed by atoms with Crippen LogP contribution >= 0.6 is 11.6 Å². The van der Waals surface area contributed by atoms with E-state index in [0.717, 1.165) is 12.1 Å². The molecule has 2 N–H and O–H groups in total. The summed E-state index contributed by atoms with van der Waals surface area (Å²) in [7, 11) is -4.52. The van der Waals surface area contributed by atoms with Crippen LogP contribution in [0.1, 0.15) is 31.4 Å². The van der Waals surface area contributed by atoms with Gasteiger partial charge >= 0.3 is 12.4 Å². The van der Waals surface area contributed by atoms with Crippen molar-refractivity contribution in [1.82, 2.24) is 5.32 Å². The highest BCUT2D eigenvalue weighted by molar-refractivity contribution is 7.95. The molecule has 0 radical (unpaired) electrons. The van der Waals surface area contributed by atoms with Crippen molar-refractivity contribution in [3.05, 3.63) is 69.3 Å². The van der Waals surface area contributed by atoms with Crippen LogP contribution in [0.25, 0.3) is 0 Å². The number of alkyl halides is 6. The van der Waals surface area contributed by atoms with Gasteiger partial charge in [0.2, 0.25) is 9.84 Å². The van der Waals surface area contributed by atoms with E-state index in [1.54, 1.807) is 0 Å². The molecule has 190 valence electrons. The van der Waals surface area contributed by atoms with Gasteiger partial charge in [-0.25, -0.2) is 8.42 Å². The maximum absolute atomic E-state index is 13.3. The molecule has 0 fully saturated rings. The lowest BCUT2D eigenvalue weighted by molar-refractivity contribution is -0.143. The summed E-state index contributed by atoms with van der Waals surface area (Å²) in [6.07, 6.45) is -9.76. The van der Waals surface area contributed by atoms with E-state index in [1.807, 2.05) is 13.8 Å². The Morgan fingerprint density at radius 3 is 1.94 bits per heavy atom. The summed E-state index contributed by atoms with van der Waals surface area (Å²) in [5.41, 5.74) is -3.91. The normalized spacial score (nSPS) is 13.3. The minimum atomic E-state index is -5.11. The van der Waals surface area contributed by atoms with Gasteiger partial charge in [-0.3, -0.25) is 0 Å². The van der Waals surface area contributed by atoms with Crippen LogP contribution in [-0.4, -0.2) is 15.0 Å². The number of allylic oxidation sites excluding steroid dienone is 1. The molecule has 2 rings (SSSR count). The Labute approximate surface area is 203 Å². The highest BCUT2D eigenvalue weighted by atomic mass is 35.5. The maximum atomic E-state index is 13.3. The third kappa shape index (κ3) is 7.53. The molecular weight excluding hydrogens is 520 g/mol. The predicted molar refractivity (Wildman–Crippen MR) is 119 cm³/mol. The fourth-order valence-electron chi connectivity index (χ4n) is 2.82. The van der Waals surface area contributed by atoms with Crippen LogP contribution in [0.5, 0.6) is 0 Å². The van der Waals surface area contributed by atoms with Gasteiger partial charge in [0, 0.05) is 17.3 Å². The molecule has 35 heavy (non-hydrogen) atoms. The molecule has 0 aromatic heterocycles. The molecule has 0 saturated heterocycles. The minimum absolute atomic E-state index is 0.0591. The lowest BCUT2D eigenvalue weighted by Gasteiger charge is -2.19. The highest BCUT2D eigenvalue weighted by Gasteiger charge is 2.37. The molecule has 0 heterocycles. The molecule has 0 amide bonds. The van der Waals surface area contributed by atoms with Gasteiger partial charge in [-0.2, -0.15) is 31.6 Å². The number of benzene rings is 2. The van der Waals surface area contributed by atoms with Crippen LogP contribution in [-0.2, 0) is 22.2 Å². The predicted octanol–water partition coefficient (Wildman–Crippen LogP) is 6.59. The van der Waals surface area contributed by atoms with Crippen LogP contribution in [0.3, 0.4) is 0 Å². The zero-order valence-corrected chi connectivity index (χ0v) is 19.9. The first-order chi connectivity index (χ1) is 16.1. The van der Waals surface area contributed by atoms with E-state index >= 15 is 0 Å². The Morgan fingerprint density at radius 1 is 1.00 bits per heavy atom. The van der Waals surface area contributed by atoms with Crippen molar-refractivity contribution in [3.8, 4) is 6.07 Å². The number of nitrogens with one attached hydrogen (secondary N) is 2. The fourth-order valence-corrected chi connectivity index (χ4v) is 4.19. The van der Waals surface area contributed by atoms with E-state index in [2.05, 4.69) is 10.6 Å². The minimum Gasteiger partial charge on any atom is -0.370 e. The molecule has 0 unspecified atom stereocenters. The van der Waals surface area contributed by atoms with Gasteiger partial charge in [-0.15, -0.1) is 0 Å². The van der Waals surface area contributed by atoms with Gasteiger partial charge in [-0.1, -0.05) is 25.4 Å². The van der Waals surface area contributed by atoms with Crippen LogP contribution in [0, 0.1) is 17.2 Å². The van der Waals surface area contributed by atoms with Crippen LogP contribution in [0.4, 0.5) is 32.0 Å². The first-order valence-corrected chi connectivity index (χ1v) is 11.9. The standard InChI is InChI=1S/C22H20ClF6N3O2S/c1-13(2)7-8-31-20(19(12-30)35(33,34)18-5-3-16(23)4-6-18)32-17-10-14(21(24,25)26)9-15(11-17)22(27,28)29/h3-6,9-11,13,31-32H,7-8H2,1-2H3/b20-19-. The molecule has 0 bridgehead atoms. The van der Waals surface area contributed by atoms with Crippen molar-refractivity contribution in [3.63, 3.8) is 0 Å². The van der Waals surface area contributed by atoms with Crippen LogP contribution in [0.15, 0.2) is 58.1 Å². The first kappa shape index (κ1) is 28.3. The number of hydrogen-bond acceptors (Lipinski definition) is 5. The zero-order valence-electron chi connectivity index (χ0n) is 18.4. The Hall–Kier alpha value is -2.91. The van der Waals surface area contributed by atoms with Gasteiger partial charge in [-0.05, 0) is 54.8 Å². The maximum Gasteiger partial charge on any atom is 0.416 e. The van der Waals surface area contributed by atoms with Crippen molar-refractivity contribution >= 4 is 27.1 Å². The molecule has 0 saturated carbocycles. The van der Waals surface area contributed by atoms with E-state index < -0.39 is 49.7 Å². The van der Waals surface area contributed by atoms with E-state index in [4.69, 9.17) is 11.6 Å². The molecule has 0 atom stereocenters. The van der Waals surface area contributed by atoms with Crippen molar-refractivity contribution < 1.29 is 34.8 Å². The van der Waals surface area contributed by atoms with Crippen LogP contribution in [0.2, 0.25) is 5.02 Å². The zero-order chi connectivity index (χ0) is 26.6. The molecule has 0 spiro atoms. The summed E-state index contributed by atoms with van der Waals surface area (Å²) in [5.74, 6) is -0.442. The fraction of sp³-hybridized carbons (Fsp3) is 0.318. The average Bonchev–Trinajstić information content (AvgIpc) is 2.72. The molecule has 0 aliphatic heterocycles. The van der Waals surface area contributed by atoms with E-state index in [1.165, 1.54) is 18.2 Å². The number of rotatable bonds is 8. The van der Waals surface area contributed by atoms with Gasteiger partial charge in [0.05, 0.1) is 16.0 Å². The number of anilines is 1. The summed E-state index contributed by atoms with van der Waals surface area (Å²) in [6.45, 7) is 3.76. The molecule has 5 nitrogen and oxygen atoms in total. The van der Waals surface area contributed by atoms with Gasteiger partial charge in [0.1, 0.15) is 11.9 Å². The van der Waals surface area contributed by atoms with E-state index in [-0.39, 0.29) is 28.4 Å². The molecule has 0 aliphatic carbocycles. The van der Waals surface area contributed by atoms with Crippen molar-refractivity contribution in [2.24, 2.45) is 5.92 Å². The number of sulfone groups is 1. The lowest BCUT2D eigenvalue weighted by Crippen LogP contribution is -2.26. The van der Waals surface area contributed by atoms with Gasteiger partial charge in [0.25, 0.3) is 0 Å². The second kappa shape index (κ2) is 10.8. The summed E-state index contributed by atoms with van der Waals surface area (Å²) in [5, 5.41) is 14.8. The third-order valence-corrected chi connectivity index (χ3v) is 6.58. The van der Waals surface area contributed by atoms with Crippen molar-refractivity contribution in [2.45, 2.75) is 37.5 Å². The van der Waals surface area contributed by atoms with E-state index in [0.29, 0.717) is 18.6 Å². The molecule has 2 aromatic rings. The van der Waals surface area contributed by atoms with Crippen LogP contribution < -0.4 is 10.6 Å². The Kier molecular flexibility index (Phi) is 8.73. The molecule has 2 aromatic carbocycles. The molecule has 13 heteroatoms. The Balaban J connectivity index is 2.68. The molecular formula is C22H20ClF6N3O2S. The monoisotopic (exact) mass is 539 g/mol. The van der Waals surface area contributed by atoms with Crippen molar-refractivity contribution in [2.75, 3.05) is 11.9 Å². The number of nitrogens with zero attached hydrogens (tertiary/aromatic N) is 1. The van der Waals surface area contributed by atoms with Crippen molar-refractivity contribution in [1.29, 1.82) is 5.26 Å². The third-order valence-electron chi connectivity index (χ3n) is 4.60. The lowest BCUT2D eigenvalue weighted by atomic mass is 10.1. The number of hydrogen-bond donors (Lipinski definition) is 2. The summed E-state index contributed by atoms with van der Waals surface area (Å²) in [4.78, 5) is -1.27. The highest BCUT2D eigenvalue weighted by Crippen LogP contribution is 2.38. The SMILES string of the molecule is CC(C)CCN/C(Nc1cc(C(F)(F)F)cc(C(F)(F)F)c1)=C(\C#N)S(=O)(=O)c1ccc(Cl)cc1. The van der Waals surface area contributed by atoms with Gasteiger partial charge < -0.3 is 10.6 Å². The Bertz CT molecular complexity index is 1200.